The maximum absolute atomic E-state index is 13.2. The molecule has 5 rings (SSSR count). The number of nitriles is 1. The van der Waals surface area contributed by atoms with E-state index >= 15 is 0 Å². The van der Waals surface area contributed by atoms with Crippen molar-refractivity contribution in [3.63, 3.8) is 0 Å². The Morgan fingerprint density at radius 1 is 1.12 bits per heavy atom. The first-order valence-electron chi connectivity index (χ1n) is 10.9. The molecule has 34 heavy (non-hydrogen) atoms. The Kier molecular flexibility index (Phi) is 5.52. The molecule has 7 nitrogen and oxygen atoms in total. The molecule has 0 bridgehead atoms. The van der Waals surface area contributed by atoms with Gasteiger partial charge in [0.05, 0.1) is 52.1 Å². The van der Waals surface area contributed by atoms with Crippen LogP contribution >= 0.6 is 0 Å². The highest BCUT2D eigenvalue weighted by atomic mass is 19.1. The molecular weight excluding hydrogens is 433 g/mol. The third-order valence-electron chi connectivity index (χ3n) is 5.54. The Morgan fingerprint density at radius 3 is 2.71 bits per heavy atom. The zero-order chi connectivity index (χ0) is 23.7. The smallest absolute Gasteiger partial charge is 0.259 e. The summed E-state index contributed by atoms with van der Waals surface area (Å²) in [5.74, 6) is 0.584. The van der Waals surface area contributed by atoms with Crippen molar-refractivity contribution < 1.29 is 9.13 Å². The van der Waals surface area contributed by atoms with Crippen LogP contribution in [0, 0.1) is 17.1 Å². The van der Waals surface area contributed by atoms with Crippen molar-refractivity contribution in [3.8, 4) is 23.2 Å². The number of rotatable bonds is 6. The topological polar surface area (TPSA) is 96.6 Å². The summed E-state index contributed by atoms with van der Waals surface area (Å²) in [5.41, 5.74) is 3.55. The SMILES string of the molecule is CCCOc1ccc(C#N)cc1-c1nc2cc3ncn(Cc4ccc(F)cc4)c3cc2c(=O)[nH]1. The number of aromatic nitrogens is 4. The maximum atomic E-state index is 13.2. The zero-order valence-corrected chi connectivity index (χ0v) is 18.4. The summed E-state index contributed by atoms with van der Waals surface area (Å²) in [6.45, 7) is 2.99. The van der Waals surface area contributed by atoms with Gasteiger partial charge in [-0.1, -0.05) is 19.1 Å². The van der Waals surface area contributed by atoms with Crippen LogP contribution < -0.4 is 10.3 Å². The number of benzene rings is 3. The fraction of sp³-hybridized carbons (Fsp3) is 0.154. The van der Waals surface area contributed by atoms with E-state index < -0.39 is 0 Å². The van der Waals surface area contributed by atoms with Crippen molar-refractivity contribution in [2.75, 3.05) is 6.61 Å². The van der Waals surface area contributed by atoms with Crippen LogP contribution in [0.25, 0.3) is 33.3 Å². The standard InChI is InChI=1S/C26H20FN5O2/c1-2-9-34-24-8-5-17(13-28)10-20(24)25-30-21-12-22-23(11-19(21)26(33)31-25)32(15-29-22)14-16-3-6-18(27)7-4-16/h3-8,10-12,15H,2,9,14H2,1H3,(H,30,31,33). The predicted octanol–water partition coefficient (Wildman–Crippen LogP) is 4.79. The van der Waals surface area contributed by atoms with Crippen LogP contribution in [0.3, 0.4) is 0 Å². The maximum Gasteiger partial charge on any atom is 0.259 e. The minimum absolute atomic E-state index is 0.290. The average molecular weight is 453 g/mol. The Morgan fingerprint density at radius 2 is 1.94 bits per heavy atom. The van der Waals surface area contributed by atoms with E-state index in [0.29, 0.717) is 52.3 Å². The summed E-state index contributed by atoms with van der Waals surface area (Å²) in [6, 6.07) is 17.0. The second-order valence-corrected chi connectivity index (χ2v) is 7.94. The Bertz CT molecular complexity index is 1610. The van der Waals surface area contributed by atoms with Gasteiger partial charge in [0, 0.05) is 6.54 Å². The van der Waals surface area contributed by atoms with E-state index in [2.05, 4.69) is 21.0 Å². The number of nitrogens with one attached hydrogen (secondary N) is 1. The molecule has 0 radical (unpaired) electrons. The molecule has 168 valence electrons. The van der Waals surface area contributed by atoms with Crippen LogP contribution in [0.5, 0.6) is 5.75 Å². The minimum atomic E-state index is -0.305. The molecule has 0 saturated carbocycles. The lowest BCUT2D eigenvalue weighted by Crippen LogP contribution is -2.11. The van der Waals surface area contributed by atoms with E-state index in [9.17, 15) is 14.4 Å². The number of H-pyrrole nitrogens is 1. The summed E-state index contributed by atoms with van der Waals surface area (Å²) in [7, 11) is 0. The van der Waals surface area contributed by atoms with Gasteiger partial charge in [0.2, 0.25) is 0 Å². The molecule has 0 aliphatic rings. The van der Waals surface area contributed by atoms with Crippen LogP contribution in [0.4, 0.5) is 4.39 Å². The van der Waals surface area contributed by atoms with Gasteiger partial charge in [-0.15, -0.1) is 0 Å². The molecule has 1 N–H and O–H groups in total. The molecule has 5 aromatic rings. The highest BCUT2D eigenvalue weighted by Gasteiger charge is 2.15. The molecule has 0 unspecified atom stereocenters. The summed E-state index contributed by atoms with van der Waals surface area (Å²) in [4.78, 5) is 25.0. The first-order valence-corrected chi connectivity index (χ1v) is 10.9. The largest absolute Gasteiger partial charge is 0.493 e. The van der Waals surface area contributed by atoms with Crippen molar-refractivity contribution in [3.05, 3.63) is 88.2 Å². The molecule has 0 aliphatic carbocycles. The van der Waals surface area contributed by atoms with Gasteiger partial charge < -0.3 is 14.3 Å². The molecule has 0 fully saturated rings. The molecule has 0 spiro atoms. The second kappa shape index (κ2) is 8.79. The number of imidazole rings is 1. The van der Waals surface area contributed by atoms with E-state index in [1.54, 1.807) is 48.8 Å². The summed E-state index contributed by atoms with van der Waals surface area (Å²) >= 11 is 0. The number of aromatic amines is 1. The summed E-state index contributed by atoms with van der Waals surface area (Å²) < 4.78 is 21.0. The molecule has 2 heterocycles. The van der Waals surface area contributed by atoms with E-state index in [1.165, 1.54) is 12.1 Å². The molecular formula is C26H20FN5O2. The number of fused-ring (bicyclic) bond motifs is 2. The van der Waals surface area contributed by atoms with Crippen molar-refractivity contribution in [1.82, 2.24) is 19.5 Å². The number of hydrogen-bond acceptors (Lipinski definition) is 5. The summed E-state index contributed by atoms with van der Waals surface area (Å²) in [5, 5.41) is 9.75. The second-order valence-electron chi connectivity index (χ2n) is 7.94. The fourth-order valence-corrected chi connectivity index (χ4v) is 3.85. The minimum Gasteiger partial charge on any atom is -0.493 e. The molecule has 0 atom stereocenters. The lowest BCUT2D eigenvalue weighted by molar-refractivity contribution is 0.318. The van der Waals surface area contributed by atoms with Gasteiger partial charge in [-0.05, 0) is 54.4 Å². The highest BCUT2D eigenvalue weighted by molar-refractivity contribution is 5.93. The quantitative estimate of drug-likeness (QED) is 0.399. The van der Waals surface area contributed by atoms with E-state index in [1.807, 2.05) is 11.5 Å². The van der Waals surface area contributed by atoms with E-state index in [0.717, 1.165) is 17.5 Å². The van der Waals surface area contributed by atoms with Crippen molar-refractivity contribution in [1.29, 1.82) is 5.26 Å². The van der Waals surface area contributed by atoms with Crippen LogP contribution in [-0.2, 0) is 6.54 Å². The molecule has 2 aromatic heterocycles. The Labute approximate surface area is 194 Å². The average Bonchev–Trinajstić information content (AvgIpc) is 3.24. The van der Waals surface area contributed by atoms with Crippen molar-refractivity contribution in [2.45, 2.75) is 19.9 Å². The molecule has 8 heteroatoms. The monoisotopic (exact) mass is 453 g/mol. The van der Waals surface area contributed by atoms with E-state index in [4.69, 9.17) is 4.74 Å². The fourth-order valence-electron chi connectivity index (χ4n) is 3.85. The number of halogens is 1. The van der Waals surface area contributed by atoms with Gasteiger partial charge in [0.1, 0.15) is 17.4 Å². The number of nitrogens with zero attached hydrogens (tertiary/aromatic N) is 4. The van der Waals surface area contributed by atoms with Crippen LogP contribution in [0.2, 0.25) is 0 Å². The van der Waals surface area contributed by atoms with Crippen LogP contribution in [0.15, 0.2) is 65.7 Å². The number of ether oxygens (including phenoxy) is 1. The van der Waals surface area contributed by atoms with Gasteiger partial charge >= 0.3 is 0 Å². The Hall–Kier alpha value is -4.51. The van der Waals surface area contributed by atoms with Crippen LogP contribution in [0.1, 0.15) is 24.5 Å². The molecule has 0 aliphatic heterocycles. The summed E-state index contributed by atoms with van der Waals surface area (Å²) in [6.07, 6.45) is 2.51. The lowest BCUT2D eigenvalue weighted by atomic mass is 10.1. The Balaban J connectivity index is 1.60. The van der Waals surface area contributed by atoms with Gasteiger partial charge in [-0.3, -0.25) is 4.79 Å². The van der Waals surface area contributed by atoms with Crippen molar-refractivity contribution in [2.24, 2.45) is 0 Å². The number of hydrogen-bond donors (Lipinski definition) is 1. The third kappa shape index (κ3) is 3.99. The molecule has 0 saturated heterocycles. The van der Waals surface area contributed by atoms with Gasteiger partial charge in [0.25, 0.3) is 5.56 Å². The van der Waals surface area contributed by atoms with Gasteiger partial charge in [-0.25, -0.2) is 14.4 Å². The highest BCUT2D eigenvalue weighted by Crippen LogP contribution is 2.30. The first-order chi connectivity index (χ1) is 16.6. The van der Waals surface area contributed by atoms with Gasteiger partial charge in [0.15, 0.2) is 0 Å². The van der Waals surface area contributed by atoms with Crippen LogP contribution in [-0.4, -0.2) is 26.1 Å². The molecule has 3 aromatic carbocycles. The van der Waals surface area contributed by atoms with E-state index in [-0.39, 0.29) is 11.4 Å². The normalized spacial score (nSPS) is 11.1. The zero-order valence-electron chi connectivity index (χ0n) is 18.4. The lowest BCUT2D eigenvalue weighted by Gasteiger charge is -2.11. The predicted molar refractivity (Wildman–Crippen MR) is 127 cm³/mol. The van der Waals surface area contributed by atoms with Gasteiger partial charge in [-0.2, -0.15) is 5.26 Å². The first kappa shape index (κ1) is 21.3. The van der Waals surface area contributed by atoms with Crippen molar-refractivity contribution >= 4 is 21.9 Å². The third-order valence-corrected chi connectivity index (χ3v) is 5.54. The molecule has 0 amide bonds.